The number of nitrogens with two attached hydrogens (primary N) is 1. The molecule has 0 aromatic heterocycles. The van der Waals surface area contributed by atoms with Crippen LogP contribution in [-0.2, 0) is 0 Å². The second-order valence-electron chi connectivity index (χ2n) is 1.96. The van der Waals surface area contributed by atoms with E-state index in [1.165, 1.54) is 0 Å². The highest BCUT2D eigenvalue weighted by Gasteiger charge is 1.94. The van der Waals surface area contributed by atoms with Crippen molar-refractivity contribution in [1.29, 1.82) is 0 Å². The number of carbonyl (C=O) groups is 1. The summed E-state index contributed by atoms with van der Waals surface area (Å²) < 4.78 is 0. The topological polar surface area (TPSA) is 67.1 Å². The first-order valence-electron chi connectivity index (χ1n) is 3.15. The van der Waals surface area contributed by atoms with Crippen molar-refractivity contribution >= 4 is 24.1 Å². The van der Waals surface area contributed by atoms with E-state index >= 15 is 0 Å². The molecule has 4 N–H and O–H groups in total. The standard InChI is InChI=1S/C7H9N3O.ClH/c8-10-7(11)9-6-4-2-1-3-5-6;/h1-5H,8H2,(H2,9,10,11);1H. The van der Waals surface area contributed by atoms with Gasteiger partial charge in [-0.05, 0) is 12.1 Å². The van der Waals surface area contributed by atoms with Gasteiger partial charge in [-0.15, -0.1) is 12.4 Å². The molecule has 0 saturated carbocycles. The summed E-state index contributed by atoms with van der Waals surface area (Å²) in [4.78, 5) is 10.6. The summed E-state index contributed by atoms with van der Waals surface area (Å²) in [5, 5.41) is 2.52. The summed E-state index contributed by atoms with van der Waals surface area (Å²) in [5.41, 5.74) is 2.68. The summed E-state index contributed by atoms with van der Waals surface area (Å²) >= 11 is 0. The van der Waals surface area contributed by atoms with Crippen LogP contribution in [0.4, 0.5) is 10.5 Å². The van der Waals surface area contributed by atoms with E-state index in [0.717, 1.165) is 5.69 Å². The first-order chi connectivity index (χ1) is 5.33. The number of rotatable bonds is 1. The van der Waals surface area contributed by atoms with Gasteiger partial charge >= 0.3 is 6.03 Å². The molecule has 0 aliphatic heterocycles. The van der Waals surface area contributed by atoms with E-state index in [2.05, 4.69) is 5.32 Å². The highest BCUT2D eigenvalue weighted by atomic mass is 35.5. The normalized spacial score (nSPS) is 8.08. The fraction of sp³-hybridized carbons (Fsp3) is 0. The van der Waals surface area contributed by atoms with Crippen molar-refractivity contribution < 1.29 is 4.79 Å². The van der Waals surface area contributed by atoms with Crippen molar-refractivity contribution in [2.24, 2.45) is 5.84 Å². The third-order valence-corrected chi connectivity index (χ3v) is 1.16. The van der Waals surface area contributed by atoms with E-state index in [9.17, 15) is 4.79 Å². The van der Waals surface area contributed by atoms with Gasteiger partial charge in [0.25, 0.3) is 0 Å². The zero-order chi connectivity index (χ0) is 8.10. The molecule has 0 aliphatic rings. The van der Waals surface area contributed by atoms with Crippen molar-refractivity contribution in [2.45, 2.75) is 0 Å². The summed E-state index contributed by atoms with van der Waals surface area (Å²) in [5.74, 6) is 4.86. The Morgan fingerprint density at radius 2 is 1.83 bits per heavy atom. The number of hydrogen-bond acceptors (Lipinski definition) is 2. The number of carbonyl (C=O) groups excluding carboxylic acids is 1. The lowest BCUT2D eigenvalue weighted by Gasteiger charge is -2.01. The molecule has 0 saturated heterocycles. The quantitative estimate of drug-likeness (QED) is 0.350. The Kier molecular flexibility index (Phi) is 4.83. The van der Waals surface area contributed by atoms with Crippen molar-refractivity contribution in [3.8, 4) is 0 Å². The number of benzene rings is 1. The predicted octanol–water partition coefficient (Wildman–Crippen LogP) is 1.10. The number of hydrogen-bond donors (Lipinski definition) is 3. The number of nitrogens with one attached hydrogen (secondary N) is 2. The Hall–Kier alpha value is -1.26. The highest BCUT2D eigenvalue weighted by molar-refractivity contribution is 5.88. The van der Waals surface area contributed by atoms with Crippen LogP contribution in [0.2, 0.25) is 0 Å². The molecule has 4 nitrogen and oxygen atoms in total. The first kappa shape index (κ1) is 10.7. The number of halogens is 1. The Bertz CT molecular complexity index is 240. The number of anilines is 1. The lowest BCUT2D eigenvalue weighted by atomic mass is 10.3. The van der Waals surface area contributed by atoms with Crippen LogP contribution in [0.3, 0.4) is 0 Å². The van der Waals surface area contributed by atoms with E-state index in [1.54, 1.807) is 12.1 Å². The van der Waals surface area contributed by atoms with Gasteiger partial charge in [0.15, 0.2) is 0 Å². The summed E-state index contributed by atoms with van der Waals surface area (Å²) in [7, 11) is 0. The molecule has 0 radical (unpaired) electrons. The predicted molar refractivity (Wildman–Crippen MR) is 50.0 cm³/mol. The summed E-state index contributed by atoms with van der Waals surface area (Å²) in [6, 6.07) is 8.64. The lowest BCUT2D eigenvalue weighted by Crippen LogP contribution is -2.34. The van der Waals surface area contributed by atoms with Gasteiger partial charge in [-0.3, -0.25) is 5.43 Å². The van der Waals surface area contributed by atoms with Crippen LogP contribution < -0.4 is 16.6 Å². The van der Waals surface area contributed by atoms with Gasteiger partial charge in [-0.25, -0.2) is 10.6 Å². The molecule has 0 atom stereocenters. The molecule has 0 aliphatic carbocycles. The van der Waals surface area contributed by atoms with E-state index in [0.29, 0.717) is 0 Å². The largest absolute Gasteiger partial charge is 0.333 e. The Morgan fingerprint density at radius 1 is 1.25 bits per heavy atom. The van der Waals surface area contributed by atoms with Crippen molar-refractivity contribution in [3.63, 3.8) is 0 Å². The highest BCUT2D eigenvalue weighted by Crippen LogP contribution is 2.03. The van der Waals surface area contributed by atoms with Crippen LogP contribution in [0.5, 0.6) is 0 Å². The second kappa shape index (κ2) is 5.40. The van der Waals surface area contributed by atoms with Crippen LogP contribution in [0.15, 0.2) is 30.3 Å². The average Bonchev–Trinajstić information content (AvgIpc) is 2.06. The maximum Gasteiger partial charge on any atom is 0.333 e. The van der Waals surface area contributed by atoms with Crippen molar-refractivity contribution in [2.75, 3.05) is 5.32 Å². The number of urea groups is 1. The summed E-state index contributed by atoms with van der Waals surface area (Å²) in [6.07, 6.45) is 0. The fourth-order valence-corrected chi connectivity index (χ4v) is 0.689. The molecule has 12 heavy (non-hydrogen) atoms. The zero-order valence-corrected chi connectivity index (χ0v) is 7.10. The molecule has 1 aromatic carbocycles. The molecule has 0 spiro atoms. The minimum Gasteiger partial charge on any atom is -0.307 e. The molecule has 1 aromatic rings. The molecule has 66 valence electrons. The van der Waals surface area contributed by atoms with Crippen LogP contribution in [0.1, 0.15) is 0 Å². The first-order valence-corrected chi connectivity index (χ1v) is 3.15. The van der Waals surface area contributed by atoms with E-state index in [-0.39, 0.29) is 12.4 Å². The molecular formula is C7H10ClN3O. The van der Waals surface area contributed by atoms with Crippen molar-refractivity contribution in [3.05, 3.63) is 30.3 Å². The van der Waals surface area contributed by atoms with Gasteiger partial charge < -0.3 is 5.32 Å². The molecular weight excluding hydrogens is 178 g/mol. The van der Waals surface area contributed by atoms with Crippen molar-refractivity contribution in [1.82, 2.24) is 5.43 Å². The monoisotopic (exact) mass is 187 g/mol. The Labute approximate surface area is 76.5 Å². The Morgan fingerprint density at radius 3 is 2.33 bits per heavy atom. The van der Waals surface area contributed by atoms with Crippen LogP contribution >= 0.6 is 12.4 Å². The van der Waals surface area contributed by atoms with Crippen LogP contribution in [0, 0.1) is 0 Å². The Balaban J connectivity index is 0.00000121. The van der Waals surface area contributed by atoms with Crippen LogP contribution in [0.25, 0.3) is 0 Å². The SMILES string of the molecule is Cl.NNC(=O)Nc1ccccc1. The van der Waals surface area contributed by atoms with Gasteiger partial charge in [-0.2, -0.15) is 0 Å². The fourth-order valence-electron chi connectivity index (χ4n) is 0.689. The third kappa shape index (κ3) is 3.23. The van der Waals surface area contributed by atoms with Gasteiger partial charge in [0.2, 0.25) is 0 Å². The van der Waals surface area contributed by atoms with Gasteiger partial charge in [-0.1, -0.05) is 18.2 Å². The molecule has 2 amide bonds. The average molecular weight is 188 g/mol. The smallest absolute Gasteiger partial charge is 0.307 e. The molecule has 0 unspecified atom stereocenters. The minimum absolute atomic E-state index is 0. The third-order valence-electron chi connectivity index (χ3n) is 1.16. The maximum atomic E-state index is 10.6. The number of amides is 2. The molecule has 0 fully saturated rings. The molecule has 0 bridgehead atoms. The van der Waals surface area contributed by atoms with Crippen LogP contribution in [-0.4, -0.2) is 6.03 Å². The zero-order valence-electron chi connectivity index (χ0n) is 6.28. The molecule has 5 heteroatoms. The van der Waals surface area contributed by atoms with E-state index < -0.39 is 6.03 Å². The van der Waals surface area contributed by atoms with E-state index in [4.69, 9.17) is 5.84 Å². The molecule has 0 heterocycles. The van der Waals surface area contributed by atoms with Gasteiger partial charge in [0.1, 0.15) is 0 Å². The maximum absolute atomic E-state index is 10.6. The number of hydrazine groups is 1. The van der Waals surface area contributed by atoms with Gasteiger partial charge in [0, 0.05) is 5.69 Å². The molecule has 1 rings (SSSR count). The number of para-hydroxylation sites is 1. The lowest BCUT2D eigenvalue weighted by molar-refractivity contribution is 0.252. The van der Waals surface area contributed by atoms with E-state index in [1.807, 2.05) is 23.6 Å². The summed E-state index contributed by atoms with van der Waals surface area (Å²) in [6.45, 7) is 0. The van der Waals surface area contributed by atoms with Gasteiger partial charge in [0.05, 0.1) is 0 Å². The minimum atomic E-state index is -0.420. The second-order valence-corrected chi connectivity index (χ2v) is 1.96.